The Balaban J connectivity index is 1.86. The van der Waals surface area contributed by atoms with E-state index in [1.165, 1.54) is 12.8 Å². The molecule has 2 rings (SSSR count). The number of benzene rings is 1. The smallest absolute Gasteiger partial charge is 0.148 e. The summed E-state index contributed by atoms with van der Waals surface area (Å²) in [7, 11) is 0. The first-order chi connectivity index (χ1) is 8.56. The van der Waals surface area contributed by atoms with Gasteiger partial charge in [0.1, 0.15) is 12.4 Å². The molecule has 0 unspecified atom stereocenters. The van der Waals surface area contributed by atoms with Crippen LogP contribution in [0.15, 0.2) is 37.7 Å². The first-order valence-corrected chi connectivity index (χ1v) is 8.11. The Morgan fingerprint density at radius 2 is 1.89 bits per heavy atom. The Bertz CT molecular complexity index is 435. The summed E-state index contributed by atoms with van der Waals surface area (Å²) >= 11 is 10.4. The Morgan fingerprint density at radius 1 is 1.28 bits per heavy atom. The van der Waals surface area contributed by atoms with Gasteiger partial charge in [0.2, 0.25) is 0 Å². The zero-order valence-corrected chi connectivity index (χ0v) is 14.6. The number of ether oxygens (including phenoxy) is 1. The largest absolute Gasteiger partial charge is 0.487 e. The predicted octanol–water partition coefficient (Wildman–Crippen LogP) is 4.66. The topological polar surface area (TPSA) is 21.3 Å². The minimum absolute atomic E-state index is 0.526. The maximum atomic E-state index is 5.78. The molecule has 98 valence electrons. The molecule has 18 heavy (non-hydrogen) atoms. The number of hydrogen-bond donors (Lipinski definition) is 1. The third-order valence-corrected chi connectivity index (χ3v) is 4.24. The molecule has 0 spiro atoms. The monoisotopic (exact) mass is 437 g/mol. The van der Waals surface area contributed by atoms with Gasteiger partial charge in [0.05, 0.1) is 8.95 Å². The summed E-state index contributed by atoms with van der Waals surface area (Å²) in [5.74, 6) is 0.811. The third kappa shape index (κ3) is 4.37. The van der Waals surface area contributed by atoms with E-state index in [1.54, 1.807) is 0 Å². The second kappa shape index (κ2) is 6.55. The van der Waals surface area contributed by atoms with Crippen molar-refractivity contribution < 1.29 is 4.74 Å². The molecule has 1 N–H and O–H groups in total. The first kappa shape index (κ1) is 14.6. The van der Waals surface area contributed by atoms with Gasteiger partial charge in [-0.2, -0.15) is 0 Å². The summed E-state index contributed by atoms with van der Waals surface area (Å²) in [6, 6.07) is 4.63. The van der Waals surface area contributed by atoms with Crippen LogP contribution in [0.1, 0.15) is 12.8 Å². The number of nitrogens with one attached hydrogen (secondary N) is 1. The van der Waals surface area contributed by atoms with Crippen LogP contribution >= 0.6 is 47.8 Å². The maximum absolute atomic E-state index is 5.78. The number of rotatable bonds is 6. The van der Waals surface area contributed by atoms with E-state index in [1.807, 2.05) is 12.1 Å². The molecule has 0 amide bonds. The summed E-state index contributed by atoms with van der Waals surface area (Å²) in [6.45, 7) is 5.38. The molecule has 0 saturated heterocycles. The highest BCUT2D eigenvalue weighted by Crippen LogP contribution is 2.36. The van der Waals surface area contributed by atoms with Gasteiger partial charge in [0, 0.05) is 17.1 Å². The first-order valence-electron chi connectivity index (χ1n) is 5.73. The summed E-state index contributed by atoms with van der Waals surface area (Å²) in [6.07, 6.45) is 2.58. The van der Waals surface area contributed by atoms with Crippen LogP contribution in [0, 0.1) is 0 Å². The Kier molecular flexibility index (Phi) is 5.30. The average molecular weight is 440 g/mol. The molecule has 1 aromatic rings. The van der Waals surface area contributed by atoms with Crippen molar-refractivity contribution in [1.82, 2.24) is 5.32 Å². The molecule has 5 heteroatoms. The molecule has 1 aromatic carbocycles. The molecule has 0 radical (unpaired) electrons. The lowest BCUT2D eigenvalue weighted by Crippen LogP contribution is -2.21. The van der Waals surface area contributed by atoms with Crippen molar-refractivity contribution in [3.8, 4) is 5.75 Å². The minimum Gasteiger partial charge on any atom is -0.487 e. The van der Waals surface area contributed by atoms with Crippen molar-refractivity contribution in [3.05, 3.63) is 37.7 Å². The third-order valence-electron chi connectivity index (χ3n) is 2.60. The van der Waals surface area contributed by atoms with Gasteiger partial charge in [0.25, 0.3) is 0 Å². The molecular formula is C13H14Br3NO. The van der Waals surface area contributed by atoms with Crippen LogP contribution < -0.4 is 10.1 Å². The number of hydrogen-bond acceptors (Lipinski definition) is 2. The van der Waals surface area contributed by atoms with E-state index in [0.29, 0.717) is 12.6 Å². The van der Waals surface area contributed by atoms with Crippen LogP contribution in [0.2, 0.25) is 0 Å². The van der Waals surface area contributed by atoms with Crippen LogP contribution in [0.3, 0.4) is 0 Å². The predicted molar refractivity (Wildman–Crippen MR) is 85.2 cm³/mol. The highest BCUT2D eigenvalue weighted by molar-refractivity contribution is 9.11. The van der Waals surface area contributed by atoms with Crippen molar-refractivity contribution in [2.75, 3.05) is 13.2 Å². The van der Waals surface area contributed by atoms with Gasteiger partial charge in [-0.1, -0.05) is 22.5 Å². The van der Waals surface area contributed by atoms with E-state index in [9.17, 15) is 0 Å². The lowest BCUT2D eigenvalue weighted by Gasteiger charge is -2.12. The molecule has 0 aromatic heterocycles. The highest BCUT2D eigenvalue weighted by atomic mass is 79.9. The molecular weight excluding hydrogens is 426 g/mol. The van der Waals surface area contributed by atoms with Crippen molar-refractivity contribution in [1.29, 1.82) is 0 Å². The van der Waals surface area contributed by atoms with Gasteiger partial charge < -0.3 is 10.1 Å². The minimum atomic E-state index is 0.526. The standard InChI is InChI=1S/C13H14Br3NO/c1-8(6-17-10-2-3-10)7-18-13-11(15)4-9(14)5-12(13)16/h4-5,10,17H,1-3,6-7H2. The zero-order chi connectivity index (χ0) is 13.1. The lowest BCUT2D eigenvalue weighted by atomic mass is 10.3. The molecule has 1 saturated carbocycles. The normalized spacial score (nSPS) is 14.6. The molecule has 1 aliphatic rings. The molecule has 0 bridgehead atoms. The highest BCUT2D eigenvalue weighted by Gasteiger charge is 2.20. The maximum Gasteiger partial charge on any atom is 0.148 e. The SMILES string of the molecule is C=C(CNC1CC1)COc1c(Br)cc(Br)cc1Br. The number of halogens is 3. The summed E-state index contributed by atoms with van der Waals surface area (Å²) in [5, 5.41) is 3.42. The van der Waals surface area contributed by atoms with Crippen molar-refractivity contribution in [2.24, 2.45) is 0 Å². The van der Waals surface area contributed by atoms with Crippen LogP contribution in [0.25, 0.3) is 0 Å². The summed E-state index contributed by atoms with van der Waals surface area (Å²) < 4.78 is 8.63. The van der Waals surface area contributed by atoms with Crippen molar-refractivity contribution in [3.63, 3.8) is 0 Å². The molecule has 1 aliphatic carbocycles. The van der Waals surface area contributed by atoms with E-state index >= 15 is 0 Å². The molecule has 1 fully saturated rings. The van der Waals surface area contributed by atoms with Gasteiger partial charge in [-0.15, -0.1) is 0 Å². The second-order valence-corrected chi connectivity index (χ2v) is 7.02. The quantitative estimate of drug-likeness (QED) is 0.651. The Morgan fingerprint density at radius 3 is 2.44 bits per heavy atom. The Labute approximate surface area is 133 Å². The summed E-state index contributed by atoms with van der Waals surface area (Å²) in [5.41, 5.74) is 1.06. The van der Waals surface area contributed by atoms with E-state index in [-0.39, 0.29) is 0 Å². The molecule has 0 aliphatic heterocycles. The van der Waals surface area contributed by atoms with Crippen LogP contribution in [-0.2, 0) is 0 Å². The molecule has 0 heterocycles. The van der Waals surface area contributed by atoms with Gasteiger partial charge in [-0.05, 0) is 62.4 Å². The van der Waals surface area contributed by atoms with E-state index < -0.39 is 0 Å². The fourth-order valence-electron chi connectivity index (χ4n) is 1.47. The van der Waals surface area contributed by atoms with E-state index in [4.69, 9.17) is 4.74 Å². The average Bonchev–Trinajstić information content (AvgIpc) is 3.08. The van der Waals surface area contributed by atoms with Crippen molar-refractivity contribution >= 4 is 47.8 Å². The van der Waals surface area contributed by atoms with E-state index in [0.717, 1.165) is 31.3 Å². The fourth-order valence-corrected chi connectivity index (χ4v) is 3.96. The van der Waals surface area contributed by atoms with Crippen molar-refractivity contribution in [2.45, 2.75) is 18.9 Å². The van der Waals surface area contributed by atoms with E-state index in [2.05, 4.69) is 59.7 Å². The Hall–Kier alpha value is 0.160. The van der Waals surface area contributed by atoms with Crippen LogP contribution in [-0.4, -0.2) is 19.2 Å². The zero-order valence-electron chi connectivity index (χ0n) is 9.81. The van der Waals surface area contributed by atoms with Gasteiger partial charge in [-0.25, -0.2) is 0 Å². The molecule has 0 atom stereocenters. The van der Waals surface area contributed by atoms with Gasteiger partial charge in [0.15, 0.2) is 0 Å². The van der Waals surface area contributed by atoms with Crippen LogP contribution in [0.4, 0.5) is 0 Å². The second-order valence-electron chi connectivity index (χ2n) is 4.39. The lowest BCUT2D eigenvalue weighted by molar-refractivity contribution is 0.344. The summed E-state index contributed by atoms with van der Waals surface area (Å²) in [4.78, 5) is 0. The molecule has 2 nitrogen and oxygen atoms in total. The van der Waals surface area contributed by atoms with Crippen LogP contribution in [0.5, 0.6) is 5.75 Å². The van der Waals surface area contributed by atoms with Gasteiger partial charge >= 0.3 is 0 Å². The fraction of sp³-hybridized carbons (Fsp3) is 0.385. The van der Waals surface area contributed by atoms with Gasteiger partial charge in [-0.3, -0.25) is 0 Å².